The molecule has 0 spiro atoms. The van der Waals surface area contributed by atoms with Crippen molar-refractivity contribution < 1.29 is 27.8 Å². The van der Waals surface area contributed by atoms with Gasteiger partial charge in [0.15, 0.2) is 5.75 Å². The Balaban J connectivity index is 1.75. The van der Waals surface area contributed by atoms with Gasteiger partial charge in [-0.25, -0.2) is 8.42 Å². The van der Waals surface area contributed by atoms with Gasteiger partial charge in [-0.2, -0.15) is 4.31 Å². The van der Waals surface area contributed by atoms with E-state index in [4.69, 9.17) is 16.3 Å². The van der Waals surface area contributed by atoms with Crippen LogP contribution in [0.5, 0.6) is 5.75 Å². The van der Waals surface area contributed by atoms with E-state index in [-0.39, 0.29) is 53.1 Å². The van der Waals surface area contributed by atoms with Gasteiger partial charge in [-0.3, -0.25) is 25.0 Å². The zero-order valence-electron chi connectivity index (χ0n) is 16.6. The molecule has 0 unspecified atom stereocenters. The summed E-state index contributed by atoms with van der Waals surface area (Å²) in [5, 5.41) is 21.9. The van der Waals surface area contributed by atoms with Crippen LogP contribution in [0.1, 0.15) is 10.4 Å². The molecular weight excluding hydrogens is 468 g/mol. The maximum absolute atomic E-state index is 12.9. The summed E-state index contributed by atoms with van der Waals surface area (Å²) in [4.78, 5) is 34.5. The first kappa shape index (κ1) is 23.4. The summed E-state index contributed by atoms with van der Waals surface area (Å²) in [6.07, 6.45) is 0. The third-order valence-corrected chi connectivity index (χ3v) is 7.11. The van der Waals surface area contributed by atoms with Crippen LogP contribution in [-0.2, 0) is 10.0 Å². The van der Waals surface area contributed by atoms with Gasteiger partial charge in [0.25, 0.3) is 11.6 Å². The number of halogens is 1. The molecule has 32 heavy (non-hydrogen) atoms. The fourth-order valence-electron chi connectivity index (χ4n) is 3.21. The summed E-state index contributed by atoms with van der Waals surface area (Å²) in [5.41, 5.74) is -0.661. The van der Waals surface area contributed by atoms with Crippen LogP contribution in [0.2, 0.25) is 5.02 Å². The average molecular weight is 485 g/mol. The first-order chi connectivity index (χ1) is 15.1. The quantitative estimate of drug-likeness (QED) is 0.447. The summed E-state index contributed by atoms with van der Waals surface area (Å²) in [7, 11) is -2.81. The Hall–Kier alpha value is -3.29. The number of nitrogens with zero attached hydrogens (tertiary/aromatic N) is 4. The summed E-state index contributed by atoms with van der Waals surface area (Å²) in [6, 6.07) is 6.85. The minimum Gasteiger partial charge on any atom is -0.490 e. The Morgan fingerprint density at radius 1 is 1.03 bits per heavy atom. The largest absolute Gasteiger partial charge is 0.490 e. The smallest absolute Gasteiger partial charge is 0.312 e. The predicted octanol–water partition coefficient (Wildman–Crippen LogP) is 2.31. The number of sulfonamides is 1. The van der Waals surface area contributed by atoms with E-state index in [2.05, 4.69) is 0 Å². The second kappa shape index (κ2) is 9.06. The van der Waals surface area contributed by atoms with E-state index < -0.39 is 31.5 Å². The Morgan fingerprint density at radius 2 is 1.69 bits per heavy atom. The Labute approximate surface area is 187 Å². The molecule has 1 aliphatic rings. The molecule has 0 aliphatic carbocycles. The molecule has 0 N–H and O–H groups in total. The number of benzene rings is 2. The maximum atomic E-state index is 12.9. The second-order valence-electron chi connectivity index (χ2n) is 6.71. The zero-order valence-corrected chi connectivity index (χ0v) is 18.2. The summed E-state index contributed by atoms with van der Waals surface area (Å²) >= 11 is 6.01. The van der Waals surface area contributed by atoms with Gasteiger partial charge in [-0.15, -0.1) is 0 Å². The number of methoxy groups -OCH3 is 1. The summed E-state index contributed by atoms with van der Waals surface area (Å²) in [6.45, 7) is 0.00422. The third-order valence-electron chi connectivity index (χ3n) is 4.90. The van der Waals surface area contributed by atoms with Crippen LogP contribution in [0.25, 0.3) is 0 Å². The van der Waals surface area contributed by atoms with Gasteiger partial charge in [0.1, 0.15) is 0 Å². The van der Waals surface area contributed by atoms with Crippen LogP contribution in [0.3, 0.4) is 0 Å². The van der Waals surface area contributed by atoms with E-state index in [9.17, 15) is 33.4 Å². The Kier molecular flexibility index (Phi) is 6.62. The molecule has 3 rings (SSSR count). The molecule has 2 aromatic rings. The topological polar surface area (TPSA) is 153 Å². The first-order valence-electron chi connectivity index (χ1n) is 9.12. The van der Waals surface area contributed by atoms with Gasteiger partial charge >= 0.3 is 5.69 Å². The lowest BCUT2D eigenvalue weighted by molar-refractivity contribution is -0.386. The monoisotopic (exact) mass is 484 g/mol. The molecule has 1 heterocycles. The lowest BCUT2D eigenvalue weighted by Gasteiger charge is -2.34. The molecule has 170 valence electrons. The molecular formula is C18H17ClN4O8S. The SMILES string of the molecule is COc1ccc(S(=O)(=O)N2CCN(C(=O)c3ccc([N+](=O)[O-])cc3Cl)CC2)cc1[N+](=O)[O-]. The molecule has 0 atom stereocenters. The van der Waals surface area contributed by atoms with Crippen molar-refractivity contribution in [2.45, 2.75) is 4.90 Å². The average Bonchev–Trinajstić information content (AvgIpc) is 2.78. The van der Waals surface area contributed by atoms with Crippen molar-refractivity contribution in [2.24, 2.45) is 0 Å². The van der Waals surface area contributed by atoms with Crippen molar-refractivity contribution in [3.63, 3.8) is 0 Å². The van der Waals surface area contributed by atoms with Gasteiger partial charge in [-0.1, -0.05) is 11.6 Å². The van der Waals surface area contributed by atoms with Gasteiger partial charge in [0, 0.05) is 44.4 Å². The number of ether oxygens (including phenoxy) is 1. The number of amides is 1. The number of carbonyl (C=O) groups excluding carboxylic acids is 1. The van der Waals surface area contributed by atoms with Crippen molar-refractivity contribution in [1.82, 2.24) is 9.21 Å². The molecule has 0 radical (unpaired) electrons. The second-order valence-corrected chi connectivity index (χ2v) is 9.05. The van der Waals surface area contributed by atoms with Crippen molar-refractivity contribution in [3.05, 3.63) is 67.2 Å². The van der Waals surface area contributed by atoms with Crippen LogP contribution in [0.4, 0.5) is 11.4 Å². The van der Waals surface area contributed by atoms with E-state index in [0.717, 1.165) is 22.5 Å². The highest BCUT2D eigenvalue weighted by Gasteiger charge is 2.32. The maximum Gasteiger partial charge on any atom is 0.312 e. The molecule has 1 saturated heterocycles. The highest BCUT2D eigenvalue weighted by molar-refractivity contribution is 7.89. The summed E-state index contributed by atoms with van der Waals surface area (Å²) < 4.78 is 31.9. The van der Waals surface area contributed by atoms with Crippen molar-refractivity contribution >= 4 is 38.9 Å². The van der Waals surface area contributed by atoms with Crippen molar-refractivity contribution in [3.8, 4) is 5.75 Å². The van der Waals surface area contributed by atoms with Crippen LogP contribution in [0.15, 0.2) is 41.3 Å². The van der Waals surface area contributed by atoms with Gasteiger partial charge in [-0.05, 0) is 18.2 Å². The lowest BCUT2D eigenvalue weighted by Crippen LogP contribution is -2.50. The standard InChI is InChI=1S/C18H17ClN4O8S/c1-31-17-5-3-13(11-16(17)23(27)28)32(29,30)21-8-6-20(7-9-21)18(24)14-4-2-12(22(25)26)10-15(14)19/h2-5,10-11H,6-9H2,1H3. The van der Waals surface area contributed by atoms with Crippen molar-refractivity contribution in [2.75, 3.05) is 33.3 Å². The highest BCUT2D eigenvalue weighted by atomic mass is 35.5. The number of hydrogen-bond acceptors (Lipinski definition) is 8. The number of nitro groups is 2. The molecule has 1 aliphatic heterocycles. The number of nitro benzene ring substituents is 2. The molecule has 1 amide bonds. The summed E-state index contributed by atoms with van der Waals surface area (Å²) in [5.74, 6) is -0.550. The highest BCUT2D eigenvalue weighted by Crippen LogP contribution is 2.31. The minimum absolute atomic E-state index is 0.0432. The molecule has 14 heteroatoms. The van der Waals surface area contributed by atoms with Crippen LogP contribution >= 0.6 is 11.6 Å². The Morgan fingerprint density at radius 3 is 2.22 bits per heavy atom. The van der Waals surface area contributed by atoms with E-state index >= 15 is 0 Å². The minimum atomic E-state index is -4.05. The fourth-order valence-corrected chi connectivity index (χ4v) is 4.91. The molecule has 1 fully saturated rings. The van der Waals surface area contributed by atoms with E-state index in [0.29, 0.717) is 0 Å². The lowest BCUT2D eigenvalue weighted by atomic mass is 10.1. The van der Waals surface area contributed by atoms with Crippen LogP contribution < -0.4 is 4.74 Å². The molecule has 0 bridgehead atoms. The van der Waals surface area contributed by atoms with E-state index in [1.54, 1.807) is 0 Å². The number of hydrogen-bond donors (Lipinski definition) is 0. The fraction of sp³-hybridized carbons (Fsp3) is 0.278. The Bertz CT molecular complexity index is 1200. The first-order valence-corrected chi connectivity index (χ1v) is 10.9. The third kappa shape index (κ3) is 4.49. The van der Waals surface area contributed by atoms with Crippen molar-refractivity contribution in [1.29, 1.82) is 0 Å². The normalized spacial score (nSPS) is 14.8. The van der Waals surface area contributed by atoms with E-state index in [1.165, 1.54) is 30.2 Å². The molecule has 0 saturated carbocycles. The van der Waals surface area contributed by atoms with Gasteiger partial charge in [0.05, 0.1) is 32.4 Å². The zero-order chi connectivity index (χ0) is 23.6. The van der Waals surface area contributed by atoms with Crippen LogP contribution in [0, 0.1) is 20.2 Å². The number of piperazine rings is 1. The number of rotatable bonds is 6. The molecule has 2 aromatic carbocycles. The van der Waals surface area contributed by atoms with Gasteiger partial charge in [0.2, 0.25) is 10.0 Å². The van der Waals surface area contributed by atoms with E-state index in [1.807, 2.05) is 0 Å². The van der Waals surface area contributed by atoms with Gasteiger partial charge < -0.3 is 9.64 Å². The number of carbonyl (C=O) groups is 1. The number of non-ortho nitro benzene ring substituents is 1. The predicted molar refractivity (Wildman–Crippen MR) is 112 cm³/mol. The molecule has 0 aromatic heterocycles. The molecule has 12 nitrogen and oxygen atoms in total. The van der Waals surface area contributed by atoms with Crippen LogP contribution in [-0.4, -0.2) is 66.7 Å².